The quantitative estimate of drug-likeness (QED) is 0.188. The van der Waals surface area contributed by atoms with Crippen LogP contribution in [0.1, 0.15) is 13.8 Å². The molecule has 0 fully saturated rings. The highest BCUT2D eigenvalue weighted by Gasteiger charge is 2.33. The van der Waals surface area contributed by atoms with Crippen molar-refractivity contribution >= 4 is 11.8 Å². The second-order valence-corrected chi connectivity index (χ2v) is 4.03. The summed E-state index contributed by atoms with van der Waals surface area (Å²) in [6, 6.07) is 0. The van der Waals surface area contributed by atoms with Gasteiger partial charge in [0.1, 0.15) is 5.57 Å². The van der Waals surface area contributed by atoms with Crippen LogP contribution in [0.2, 0.25) is 0 Å². The third-order valence-electron chi connectivity index (χ3n) is 2.62. The van der Waals surface area contributed by atoms with Crippen molar-refractivity contribution in [3.63, 3.8) is 0 Å². The number of Topliss-reactive ketones (excluding diaryl/α,β-unsaturated/α-hetero) is 1. The van der Waals surface area contributed by atoms with E-state index in [9.17, 15) is 19.7 Å². The van der Waals surface area contributed by atoms with Crippen LogP contribution in [0.3, 0.4) is 0 Å². The molecule has 0 heterocycles. The van der Waals surface area contributed by atoms with E-state index in [0.717, 1.165) is 0 Å². The lowest BCUT2D eigenvalue weighted by molar-refractivity contribution is -0.535. The lowest BCUT2D eigenvalue weighted by atomic mass is 9.92. The second kappa shape index (κ2) is 4.95. The molecule has 1 aliphatic rings. The molecule has 1 aliphatic carbocycles. The lowest BCUT2D eigenvalue weighted by Crippen LogP contribution is -2.31. The van der Waals surface area contributed by atoms with Gasteiger partial charge in [0.15, 0.2) is 5.78 Å². The van der Waals surface area contributed by atoms with Crippen LogP contribution in [0.25, 0.3) is 0 Å². The van der Waals surface area contributed by atoms with Crippen LogP contribution >= 0.6 is 0 Å². The van der Waals surface area contributed by atoms with Crippen LogP contribution in [-0.2, 0) is 14.3 Å². The van der Waals surface area contributed by atoms with Gasteiger partial charge in [0.05, 0.1) is 7.11 Å². The third-order valence-corrected chi connectivity index (χ3v) is 2.62. The molecule has 18 heavy (non-hydrogen) atoms. The fourth-order valence-corrected chi connectivity index (χ4v) is 1.48. The number of carbonyl (C=O) groups is 2. The predicted octanol–water partition coefficient (Wildman–Crippen LogP) is 1.21. The highest BCUT2D eigenvalue weighted by atomic mass is 16.6. The van der Waals surface area contributed by atoms with Gasteiger partial charge in [-0.3, -0.25) is 14.9 Å². The highest BCUT2D eigenvalue weighted by Crippen LogP contribution is 2.23. The molecule has 0 spiro atoms. The average Bonchev–Trinajstić information content (AvgIpc) is 2.31. The van der Waals surface area contributed by atoms with Gasteiger partial charge in [-0.25, -0.2) is 4.79 Å². The Bertz CT molecular complexity index is 483. The number of esters is 1. The van der Waals surface area contributed by atoms with Crippen molar-refractivity contribution < 1.29 is 19.2 Å². The number of methoxy groups -OCH3 is 1. The summed E-state index contributed by atoms with van der Waals surface area (Å²) in [5.41, 5.74) is -1.12. The molecule has 0 aromatic carbocycles. The molecular formula is C12H13NO5. The smallest absolute Gasteiger partial charge is 0.342 e. The topological polar surface area (TPSA) is 86.5 Å². The first-order valence-electron chi connectivity index (χ1n) is 5.18. The molecule has 0 N–H and O–H groups in total. The minimum atomic E-state index is -1.32. The zero-order chi connectivity index (χ0) is 13.9. The minimum absolute atomic E-state index is 0.115. The Kier molecular flexibility index (Phi) is 3.80. The molecule has 0 aliphatic heterocycles. The van der Waals surface area contributed by atoms with Gasteiger partial charge >= 0.3 is 5.97 Å². The summed E-state index contributed by atoms with van der Waals surface area (Å²) < 4.78 is 4.51. The van der Waals surface area contributed by atoms with Crippen molar-refractivity contribution in [1.29, 1.82) is 0 Å². The van der Waals surface area contributed by atoms with E-state index in [1.807, 2.05) is 0 Å². The van der Waals surface area contributed by atoms with E-state index in [1.54, 1.807) is 0 Å². The average molecular weight is 251 g/mol. The van der Waals surface area contributed by atoms with E-state index < -0.39 is 22.2 Å². The summed E-state index contributed by atoms with van der Waals surface area (Å²) in [7, 11) is 1.17. The van der Waals surface area contributed by atoms with E-state index in [1.165, 1.54) is 45.3 Å². The SMILES string of the molecule is COC(=O)C(C(C)=O)=C1C=CC(C)([N+](=O)[O-])C=C1. The number of ketones is 1. The van der Waals surface area contributed by atoms with Gasteiger partial charge in [-0.1, -0.05) is 12.2 Å². The Morgan fingerprint density at radius 2 is 1.83 bits per heavy atom. The van der Waals surface area contributed by atoms with E-state index in [0.29, 0.717) is 5.57 Å². The Morgan fingerprint density at radius 1 is 1.33 bits per heavy atom. The molecule has 0 saturated carbocycles. The summed E-state index contributed by atoms with van der Waals surface area (Å²) in [5, 5.41) is 10.8. The van der Waals surface area contributed by atoms with Crippen LogP contribution in [-0.4, -0.2) is 29.3 Å². The van der Waals surface area contributed by atoms with Gasteiger partial charge in [0.25, 0.3) is 5.54 Å². The van der Waals surface area contributed by atoms with Gasteiger partial charge < -0.3 is 4.74 Å². The molecule has 6 heteroatoms. The Labute approximate surface area is 104 Å². The molecule has 0 saturated heterocycles. The number of allylic oxidation sites excluding steroid dienone is 3. The zero-order valence-electron chi connectivity index (χ0n) is 10.3. The standard InChI is InChI=1S/C12H13NO5/c1-8(14)10(11(15)18-3)9-4-6-12(2,7-5-9)13(16)17/h4-7H,1-3H3. The van der Waals surface area contributed by atoms with Crippen LogP contribution in [0, 0.1) is 10.1 Å². The van der Waals surface area contributed by atoms with Crippen molar-refractivity contribution in [2.24, 2.45) is 0 Å². The minimum Gasteiger partial charge on any atom is -0.465 e. The first-order valence-corrected chi connectivity index (χ1v) is 5.18. The van der Waals surface area contributed by atoms with E-state index >= 15 is 0 Å². The zero-order valence-corrected chi connectivity index (χ0v) is 10.3. The highest BCUT2D eigenvalue weighted by molar-refractivity contribution is 6.17. The molecule has 6 nitrogen and oxygen atoms in total. The van der Waals surface area contributed by atoms with Gasteiger partial charge in [-0.2, -0.15) is 0 Å². The van der Waals surface area contributed by atoms with Gasteiger partial charge in [-0.15, -0.1) is 0 Å². The molecule has 96 valence electrons. The van der Waals surface area contributed by atoms with E-state index in [-0.39, 0.29) is 5.57 Å². The van der Waals surface area contributed by atoms with Crippen molar-refractivity contribution in [2.45, 2.75) is 19.4 Å². The Morgan fingerprint density at radius 3 is 2.17 bits per heavy atom. The second-order valence-electron chi connectivity index (χ2n) is 4.03. The fraction of sp³-hybridized carbons (Fsp3) is 0.333. The van der Waals surface area contributed by atoms with E-state index in [2.05, 4.69) is 4.74 Å². The number of ether oxygens (including phenoxy) is 1. The first-order chi connectivity index (χ1) is 8.31. The summed E-state index contributed by atoms with van der Waals surface area (Å²) in [4.78, 5) is 33.2. The van der Waals surface area contributed by atoms with Crippen LogP contribution in [0.5, 0.6) is 0 Å². The number of hydrogen-bond acceptors (Lipinski definition) is 5. The molecular weight excluding hydrogens is 238 g/mol. The van der Waals surface area contributed by atoms with Crippen LogP contribution < -0.4 is 0 Å². The largest absolute Gasteiger partial charge is 0.465 e. The van der Waals surface area contributed by atoms with Crippen LogP contribution in [0.4, 0.5) is 0 Å². The van der Waals surface area contributed by atoms with Gasteiger partial charge in [0.2, 0.25) is 0 Å². The molecule has 0 amide bonds. The molecule has 0 aromatic rings. The Hall–Kier alpha value is -2.24. The molecule has 1 rings (SSSR count). The maximum Gasteiger partial charge on any atom is 0.342 e. The molecule has 0 unspecified atom stereocenters. The summed E-state index contributed by atoms with van der Waals surface area (Å²) in [6.07, 6.45) is 5.43. The van der Waals surface area contributed by atoms with Crippen molar-refractivity contribution in [3.05, 3.63) is 45.6 Å². The summed E-state index contributed by atoms with van der Waals surface area (Å²) in [5.74, 6) is -1.20. The lowest BCUT2D eigenvalue weighted by Gasteiger charge is -2.16. The monoisotopic (exact) mass is 251 g/mol. The maximum atomic E-state index is 11.4. The van der Waals surface area contributed by atoms with Crippen molar-refractivity contribution in [3.8, 4) is 0 Å². The summed E-state index contributed by atoms with van der Waals surface area (Å²) in [6.45, 7) is 2.66. The first kappa shape index (κ1) is 13.8. The number of carbonyl (C=O) groups excluding carboxylic acids is 2. The van der Waals surface area contributed by atoms with Crippen LogP contribution in [0.15, 0.2) is 35.5 Å². The van der Waals surface area contributed by atoms with E-state index in [4.69, 9.17) is 0 Å². The number of nitro groups is 1. The predicted molar refractivity (Wildman–Crippen MR) is 63.4 cm³/mol. The normalized spacial score (nSPS) is 21.6. The van der Waals surface area contributed by atoms with Crippen molar-refractivity contribution in [1.82, 2.24) is 0 Å². The van der Waals surface area contributed by atoms with Gasteiger partial charge in [0, 0.05) is 11.8 Å². The maximum absolute atomic E-state index is 11.4. The number of hydrogen-bond donors (Lipinski definition) is 0. The van der Waals surface area contributed by atoms with Gasteiger partial charge in [-0.05, 0) is 24.6 Å². The fourth-order valence-electron chi connectivity index (χ4n) is 1.48. The number of nitrogens with zero attached hydrogens (tertiary/aromatic N) is 1. The number of rotatable bonds is 3. The van der Waals surface area contributed by atoms with Crippen molar-refractivity contribution in [2.75, 3.05) is 7.11 Å². The molecule has 0 bridgehead atoms. The summed E-state index contributed by atoms with van der Waals surface area (Å²) >= 11 is 0. The molecule has 0 aromatic heterocycles. The molecule has 0 atom stereocenters. The third kappa shape index (κ3) is 2.53. The Balaban J connectivity index is 3.22. The molecule has 0 radical (unpaired) electrons.